The van der Waals surface area contributed by atoms with Crippen molar-refractivity contribution >= 4 is 16.6 Å². The number of nitro groups is 1. The van der Waals surface area contributed by atoms with Crippen molar-refractivity contribution in [3.63, 3.8) is 0 Å². The van der Waals surface area contributed by atoms with Crippen LogP contribution in [-0.4, -0.2) is 16.5 Å². The van der Waals surface area contributed by atoms with Crippen LogP contribution >= 0.6 is 0 Å². The zero-order valence-corrected chi connectivity index (χ0v) is 13.7. The van der Waals surface area contributed by atoms with Crippen molar-refractivity contribution < 1.29 is 4.92 Å². The number of fused-ring (bicyclic) bond motifs is 3. The highest BCUT2D eigenvalue weighted by molar-refractivity contribution is 5.89. The minimum Gasteiger partial charge on any atom is -0.357 e. The van der Waals surface area contributed by atoms with Gasteiger partial charge in [-0.2, -0.15) is 0 Å². The quantitative estimate of drug-likeness (QED) is 0.555. The van der Waals surface area contributed by atoms with Crippen molar-refractivity contribution in [1.82, 2.24) is 10.3 Å². The Kier molecular flexibility index (Phi) is 3.39. The molecule has 24 heavy (non-hydrogen) atoms. The molecule has 1 unspecified atom stereocenters. The third-order valence-electron chi connectivity index (χ3n) is 4.83. The van der Waals surface area contributed by atoms with E-state index in [0.29, 0.717) is 0 Å². The van der Waals surface area contributed by atoms with Gasteiger partial charge in [0.15, 0.2) is 0 Å². The minimum absolute atomic E-state index is 0.0432. The largest absolute Gasteiger partial charge is 0.357 e. The maximum Gasteiger partial charge on any atom is 0.269 e. The summed E-state index contributed by atoms with van der Waals surface area (Å²) in [5, 5.41) is 15.7. The molecule has 1 atom stereocenters. The van der Waals surface area contributed by atoms with Crippen molar-refractivity contribution in [2.45, 2.75) is 26.3 Å². The molecule has 5 heteroatoms. The molecule has 4 rings (SSSR count). The lowest BCUT2D eigenvalue weighted by atomic mass is 9.93. The minimum atomic E-state index is -0.363. The van der Waals surface area contributed by atoms with Crippen LogP contribution in [0.25, 0.3) is 10.9 Å². The Morgan fingerprint density at radius 1 is 1.17 bits per heavy atom. The van der Waals surface area contributed by atoms with Crippen LogP contribution in [0, 0.1) is 24.0 Å². The normalized spacial score (nSPS) is 17.0. The summed E-state index contributed by atoms with van der Waals surface area (Å²) in [6, 6.07) is 11.3. The number of aromatic nitrogens is 1. The smallest absolute Gasteiger partial charge is 0.269 e. The number of aromatic amines is 1. The lowest BCUT2D eigenvalue weighted by Gasteiger charge is -2.25. The molecule has 0 aliphatic carbocycles. The highest BCUT2D eigenvalue weighted by Crippen LogP contribution is 2.35. The second kappa shape index (κ2) is 5.46. The summed E-state index contributed by atoms with van der Waals surface area (Å²) >= 11 is 0. The molecule has 0 fully saturated rings. The highest BCUT2D eigenvalue weighted by atomic mass is 16.6. The van der Waals surface area contributed by atoms with E-state index in [-0.39, 0.29) is 16.7 Å². The van der Waals surface area contributed by atoms with Gasteiger partial charge < -0.3 is 10.3 Å². The van der Waals surface area contributed by atoms with E-state index < -0.39 is 0 Å². The van der Waals surface area contributed by atoms with Gasteiger partial charge in [-0.25, -0.2) is 0 Å². The SMILES string of the molecule is Cc1cc(C)c2c3c([nH]c2c1)C(c1ccc([N+](=O)[O-])cc1)NCC3. The fourth-order valence-electron chi connectivity index (χ4n) is 3.84. The molecule has 2 heterocycles. The second-order valence-corrected chi connectivity index (χ2v) is 6.51. The number of nitro benzene ring substituents is 1. The van der Waals surface area contributed by atoms with Crippen LogP contribution in [0.1, 0.15) is 34.0 Å². The zero-order valence-electron chi connectivity index (χ0n) is 13.7. The molecule has 0 bridgehead atoms. The van der Waals surface area contributed by atoms with Crippen LogP contribution in [0.5, 0.6) is 0 Å². The molecule has 1 aromatic heterocycles. The van der Waals surface area contributed by atoms with Gasteiger partial charge in [0.05, 0.1) is 11.0 Å². The number of nitrogens with one attached hydrogen (secondary N) is 2. The van der Waals surface area contributed by atoms with Crippen LogP contribution in [0.4, 0.5) is 5.69 Å². The van der Waals surface area contributed by atoms with Crippen molar-refractivity contribution in [2.24, 2.45) is 0 Å². The van der Waals surface area contributed by atoms with Crippen molar-refractivity contribution in [3.8, 4) is 0 Å². The van der Waals surface area contributed by atoms with E-state index in [1.807, 2.05) is 12.1 Å². The van der Waals surface area contributed by atoms with Crippen molar-refractivity contribution in [3.05, 3.63) is 74.5 Å². The summed E-state index contributed by atoms with van der Waals surface area (Å²) in [5.74, 6) is 0. The van der Waals surface area contributed by atoms with Gasteiger partial charge in [-0.1, -0.05) is 18.2 Å². The summed E-state index contributed by atoms with van der Waals surface area (Å²) < 4.78 is 0. The maximum absolute atomic E-state index is 10.9. The van der Waals surface area contributed by atoms with E-state index in [1.54, 1.807) is 12.1 Å². The standard InChI is InChI=1S/C19H19N3O2/c1-11-9-12(2)17-15-7-8-20-18(19(15)21-16(17)10-11)13-3-5-14(6-4-13)22(23)24/h3-6,9-10,18,20-21H,7-8H2,1-2H3. The number of benzene rings is 2. The highest BCUT2D eigenvalue weighted by Gasteiger charge is 2.26. The lowest BCUT2D eigenvalue weighted by Crippen LogP contribution is -2.30. The Balaban J connectivity index is 1.84. The Labute approximate surface area is 139 Å². The predicted molar refractivity (Wildman–Crippen MR) is 94.4 cm³/mol. The first-order valence-corrected chi connectivity index (χ1v) is 8.14. The molecule has 5 nitrogen and oxygen atoms in total. The average molecular weight is 321 g/mol. The number of nitrogens with zero attached hydrogens (tertiary/aromatic N) is 1. The third kappa shape index (κ3) is 2.29. The van der Waals surface area contributed by atoms with Gasteiger partial charge in [-0.3, -0.25) is 10.1 Å². The first kappa shape index (κ1) is 14.9. The molecule has 1 aliphatic rings. The molecule has 0 spiro atoms. The van der Waals surface area contributed by atoms with Crippen LogP contribution in [-0.2, 0) is 6.42 Å². The molecule has 1 aliphatic heterocycles. The van der Waals surface area contributed by atoms with Gasteiger partial charge in [0, 0.05) is 35.3 Å². The van der Waals surface area contributed by atoms with Gasteiger partial charge in [-0.05, 0) is 48.6 Å². The fourth-order valence-corrected chi connectivity index (χ4v) is 3.84. The van der Waals surface area contributed by atoms with Crippen LogP contribution in [0.15, 0.2) is 36.4 Å². The number of non-ortho nitro benzene ring substituents is 1. The average Bonchev–Trinajstić information content (AvgIpc) is 2.93. The molecule has 2 N–H and O–H groups in total. The molecule has 0 amide bonds. The summed E-state index contributed by atoms with van der Waals surface area (Å²) in [4.78, 5) is 14.1. The van der Waals surface area contributed by atoms with Gasteiger partial charge >= 0.3 is 0 Å². The first-order chi connectivity index (χ1) is 11.5. The predicted octanol–water partition coefficient (Wildman–Crippen LogP) is 3.93. The van der Waals surface area contributed by atoms with Crippen LogP contribution in [0.2, 0.25) is 0 Å². The Hall–Kier alpha value is -2.66. The number of rotatable bonds is 2. The third-order valence-corrected chi connectivity index (χ3v) is 4.83. The van der Waals surface area contributed by atoms with E-state index in [4.69, 9.17) is 0 Å². The number of hydrogen-bond donors (Lipinski definition) is 2. The van der Waals surface area contributed by atoms with E-state index in [2.05, 4.69) is 36.3 Å². The molecule has 0 saturated heterocycles. The van der Waals surface area contributed by atoms with E-state index in [9.17, 15) is 10.1 Å². The second-order valence-electron chi connectivity index (χ2n) is 6.51. The monoisotopic (exact) mass is 321 g/mol. The van der Waals surface area contributed by atoms with Crippen LogP contribution in [0.3, 0.4) is 0 Å². The molecule has 122 valence electrons. The zero-order chi connectivity index (χ0) is 16.8. The van der Waals surface area contributed by atoms with Crippen molar-refractivity contribution in [2.75, 3.05) is 6.54 Å². The number of H-pyrrole nitrogens is 1. The lowest BCUT2D eigenvalue weighted by molar-refractivity contribution is -0.384. The van der Waals surface area contributed by atoms with Crippen molar-refractivity contribution in [1.29, 1.82) is 0 Å². The maximum atomic E-state index is 10.9. The first-order valence-electron chi connectivity index (χ1n) is 8.14. The Bertz CT molecular complexity index is 941. The van der Waals surface area contributed by atoms with Gasteiger partial charge in [-0.15, -0.1) is 0 Å². The Morgan fingerprint density at radius 3 is 2.62 bits per heavy atom. The van der Waals surface area contributed by atoms with E-state index >= 15 is 0 Å². The molecule has 0 radical (unpaired) electrons. The summed E-state index contributed by atoms with van der Waals surface area (Å²) in [5.41, 5.74) is 7.43. The fraction of sp³-hybridized carbons (Fsp3) is 0.263. The summed E-state index contributed by atoms with van der Waals surface area (Å²) in [7, 11) is 0. The van der Waals surface area contributed by atoms with Crippen LogP contribution < -0.4 is 5.32 Å². The molecule has 2 aromatic carbocycles. The molecule has 0 saturated carbocycles. The van der Waals surface area contributed by atoms with E-state index in [0.717, 1.165) is 18.5 Å². The summed E-state index contributed by atoms with van der Waals surface area (Å²) in [6.07, 6.45) is 0.989. The van der Waals surface area contributed by atoms with Gasteiger partial charge in [0.25, 0.3) is 5.69 Å². The molecular weight excluding hydrogens is 302 g/mol. The molecule has 3 aromatic rings. The topological polar surface area (TPSA) is 71.0 Å². The number of hydrogen-bond acceptors (Lipinski definition) is 3. The number of aryl methyl sites for hydroxylation is 2. The van der Waals surface area contributed by atoms with Gasteiger partial charge in [0.2, 0.25) is 0 Å². The molecular formula is C19H19N3O2. The summed E-state index contributed by atoms with van der Waals surface area (Å²) in [6.45, 7) is 5.17. The Morgan fingerprint density at radius 2 is 1.92 bits per heavy atom. The van der Waals surface area contributed by atoms with E-state index in [1.165, 1.54) is 33.3 Å². The van der Waals surface area contributed by atoms with Gasteiger partial charge in [0.1, 0.15) is 0 Å².